The molecular weight excluding hydrogens is 282 g/mol. The lowest BCUT2D eigenvalue weighted by Crippen LogP contribution is -2.35. The molecule has 0 bridgehead atoms. The van der Waals surface area contributed by atoms with Crippen LogP contribution in [-0.4, -0.2) is 36.3 Å². The van der Waals surface area contributed by atoms with Crippen LogP contribution < -0.4 is 4.74 Å². The summed E-state index contributed by atoms with van der Waals surface area (Å²) in [5.74, 6) is 0.980. The van der Waals surface area contributed by atoms with Crippen molar-refractivity contribution in [2.75, 3.05) is 25.5 Å². The molecular formula is C13H16BrNO2. The zero-order valence-corrected chi connectivity index (χ0v) is 11.4. The molecule has 0 aromatic heterocycles. The van der Waals surface area contributed by atoms with Gasteiger partial charge in [0.05, 0.1) is 12.5 Å². The number of likely N-dealkylation sites (N-methyl/N-ethyl adjacent to an activating group) is 1. The van der Waals surface area contributed by atoms with E-state index in [9.17, 15) is 4.79 Å². The van der Waals surface area contributed by atoms with Crippen molar-refractivity contribution < 1.29 is 9.53 Å². The van der Waals surface area contributed by atoms with Crippen molar-refractivity contribution in [1.29, 1.82) is 0 Å². The van der Waals surface area contributed by atoms with Gasteiger partial charge in [0.2, 0.25) is 5.91 Å². The number of rotatable bonds is 3. The van der Waals surface area contributed by atoms with Crippen molar-refractivity contribution in [2.45, 2.75) is 12.3 Å². The smallest absolute Gasteiger partial charge is 0.230 e. The molecule has 1 aromatic carbocycles. The summed E-state index contributed by atoms with van der Waals surface area (Å²) in [5, 5.41) is 0.806. The lowest BCUT2D eigenvalue weighted by molar-refractivity contribution is -0.131. The summed E-state index contributed by atoms with van der Waals surface area (Å²) in [5.41, 5.74) is 1.02. The van der Waals surface area contributed by atoms with Crippen molar-refractivity contribution in [3.8, 4) is 5.75 Å². The monoisotopic (exact) mass is 297 g/mol. The van der Waals surface area contributed by atoms with Gasteiger partial charge >= 0.3 is 0 Å². The van der Waals surface area contributed by atoms with Gasteiger partial charge in [0.1, 0.15) is 5.75 Å². The van der Waals surface area contributed by atoms with Crippen LogP contribution in [0.15, 0.2) is 24.3 Å². The van der Waals surface area contributed by atoms with E-state index in [-0.39, 0.29) is 11.8 Å². The standard InChI is InChI=1S/C13H16BrNO2/c1-15(8-7-14)13(16)11-6-9-17-12-5-3-2-4-10(11)12/h2-5,11H,6-9H2,1H3. The normalized spacial score (nSPS) is 18.1. The molecule has 0 spiro atoms. The Balaban J connectivity index is 2.20. The first-order valence-electron chi connectivity index (χ1n) is 5.76. The van der Waals surface area contributed by atoms with Gasteiger partial charge in [-0.25, -0.2) is 0 Å². The maximum absolute atomic E-state index is 12.3. The second-order valence-electron chi connectivity index (χ2n) is 4.18. The van der Waals surface area contributed by atoms with Crippen LogP contribution in [0.4, 0.5) is 0 Å². The van der Waals surface area contributed by atoms with Gasteiger partial charge in [-0.1, -0.05) is 34.1 Å². The topological polar surface area (TPSA) is 29.5 Å². The van der Waals surface area contributed by atoms with E-state index in [1.807, 2.05) is 31.3 Å². The van der Waals surface area contributed by atoms with Crippen LogP contribution in [-0.2, 0) is 4.79 Å². The number of carbonyl (C=O) groups is 1. The Morgan fingerprint density at radius 1 is 1.53 bits per heavy atom. The number of para-hydroxylation sites is 1. The highest BCUT2D eigenvalue weighted by Crippen LogP contribution is 2.34. The molecule has 1 atom stereocenters. The third-order valence-electron chi connectivity index (χ3n) is 3.05. The number of hydrogen-bond acceptors (Lipinski definition) is 2. The summed E-state index contributed by atoms with van der Waals surface area (Å²) in [6.45, 7) is 1.36. The third kappa shape index (κ3) is 2.63. The maximum Gasteiger partial charge on any atom is 0.230 e. The number of ether oxygens (including phenoxy) is 1. The fourth-order valence-corrected chi connectivity index (χ4v) is 2.63. The molecule has 1 aliphatic heterocycles. The second-order valence-corrected chi connectivity index (χ2v) is 4.97. The van der Waals surface area contributed by atoms with E-state index in [4.69, 9.17) is 4.74 Å². The van der Waals surface area contributed by atoms with Gasteiger partial charge in [0.15, 0.2) is 0 Å². The molecule has 4 heteroatoms. The third-order valence-corrected chi connectivity index (χ3v) is 3.41. The number of halogens is 1. The Bertz CT molecular complexity index is 408. The van der Waals surface area contributed by atoms with Crippen LogP contribution in [0, 0.1) is 0 Å². The molecule has 1 heterocycles. The fourth-order valence-electron chi connectivity index (χ4n) is 2.10. The summed E-state index contributed by atoms with van der Waals surface area (Å²) in [6, 6.07) is 7.81. The summed E-state index contributed by atoms with van der Waals surface area (Å²) >= 11 is 3.36. The van der Waals surface area contributed by atoms with Crippen molar-refractivity contribution in [2.24, 2.45) is 0 Å². The molecule has 1 aliphatic rings. The van der Waals surface area contributed by atoms with E-state index in [1.54, 1.807) is 4.90 Å². The molecule has 0 saturated carbocycles. The molecule has 0 radical (unpaired) electrons. The summed E-state index contributed by atoms with van der Waals surface area (Å²) in [6.07, 6.45) is 0.766. The highest BCUT2D eigenvalue weighted by Gasteiger charge is 2.29. The van der Waals surface area contributed by atoms with Gasteiger partial charge in [-0.3, -0.25) is 4.79 Å². The number of alkyl halides is 1. The zero-order valence-electron chi connectivity index (χ0n) is 9.86. The van der Waals surface area contributed by atoms with E-state index in [1.165, 1.54) is 0 Å². The van der Waals surface area contributed by atoms with Crippen LogP contribution in [0.25, 0.3) is 0 Å². The Kier molecular flexibility index (Phi) is 4.05. The number of fused-ring (bicyclic) bond motifs is 1. The molecule has 3 nitrogen and oxygen atoms in total. The predicted octanol–water partition coefficient (Wildman–Crippen LogP) is 2.41. The Morgan fingerprint density at radius 3 is 3.06 bits per heavy atom. The molecule has 92 valence electrons. The molecule has 1 amide bonds. The highest BCUT2D eigenvalue weighted by molar-refractivity contribution is 9.09. The van der Waals surface area contributed by atoms with Crippen LogP contribution in [0.5, 0.6) is 5.75 Å². The predicted molar refractivity (Wildman–Crippen MR) is 70.7 cm³/mol. The van der Waals surface area contributed by atoms with E-state index in [2.05, 4.69) is 15.9 Å². The van der Waals surface area contributed by atoms with Crippen LogP contribution in [0.1, 0.15) is 17.9 Å². The van der Waals surface area contributed by atoms with E-state index in [0.717, 1.165) is 29.6 Å². The van der Waals surface area contributed by atoms with E-state index in [0.29, 0.717) is 6.61 Å². The largest absolute Gasteiger partial charge is 0.493 e. The highest BCUT2D eigenvalue weighted by atomic mass is 79.9. The number of amides is 1. The quantitative estimate of drug-likeness (QED) is 0.802. The Hall–Kier alpha value is -1.03. The number of benzene rings is 1. The van der Waals surface area contributed by atoms with Crippen molar-refractivity contribution in [3.05, 3.63) is 29.8 Å². The molecule has 0 N–H and O–H groups in total. The van der Waals surface area contributed by atoms with E-state index >= 15 is 0 Å². The van der Waals surface area contributed by atoms with E-state index < -0.39 is 0 Å². The molecule has 17 heavy (non-hydrogen) atoms. The minimum absolute atomic E-state index is 0.0519. The number of hydrogen-bond donors (Lipinski definition) is 0. The van der Waals surface area contributed by atoms with Gasteiger partial charge in [-0.05, 0) is 12.5 Å². The van der Waals surface area contributed by atoms with Crippen LogP contribution in [0.3, 0.4) is 0 Å². The van der Waals surface area contributed by atoms with Crippen molar-refractivity contribution in [3.63, 3.8) is 0 Å². The maximum atomic E-state index is 12.3. The SMILES string of the molecule is CN(CCBr)C(=O)C1CCOc2ccccc21. The summed E-state index contributed by atoms with van der Waals surface area (Å²) < 4.78 is 5.56. The van der Waals surface area contributed by atoms with Gasteiger partial charge < -0.3 is 9.64 Å². The number of nitrogens with zero attached hydrogens (tertiary/aromatic N) is 1. The van der Waals surface area contributed by atoms with Crippen LogP contribution >= 0.6 is 15.9 Å². The Labute approximate surface area is 110 Å². The van der Waals surface area contributed by atoms with Gasteiger partial charge in [0.25, 0.3) is 0 Å². The van der Waals surface area contributed by atoms with Gasteiger partial charge in [0, 0.05) is 24.5 Å². The summed E-state index contributed by atoms with van der Waals surface area (Å²) in [7, 11) is 1.85. The van der Waals surface area contributed by atoms with Crippen molar-refractivity contribution in [1.82, 2.24) is 4.90 Å². The van der Waals surface area contributed by atoms with Crippen LogP contribution in [0.2, 0.25) is 0 Å². The average Bonchev–Trinajstić information content (AvgIpc) is 2.37. The number of carbonyl (C=O) groups excluding carboxylic acids is 1. The minimum atomic E-state index is -0.0519. The molecule has 2 rings (SSSR count). The average molecular weight is 298 g/mol. The van der Waals surface area contributed by atoms with Gasteiger partial charge in [-0.15, -0.1) is 0 Å². The molecule has 0 fully saturated rings. The zero-order chi connectivity index (χ0) is 12.3. The first-order chi connectivity index (χ1) is 8.24. The van der Waals surface area contributed by atoms with Gasteiger partial charge in [-0.2, -0.15) is 0 Å². The molecule has 0 saturated heterocycles. The Morgan fingerprint density at radius 2 is 2.29 bits per heavy atom. The molecule has 0 aliphatic carbocycles. The second kappa shape index (κ2) is 5.54. The minimum Gasteiger partial charge on any atom is -0.493 e. The first-order valence-corrected chi connectivity index (χ1v) is 6.89. The molecule has 1 unspecified atom stereocenters. The first kappa shape index (κ1) is 12.4. The molecule has 1 aromatic rings. The van der Waals surface area contributed by atoms with Crippen molar-refractivity contribution >= 4 is 21.8 Å². The lowest BCUT2D eigenvalue weighted by atomic mass is 9.92. The lowest BCUT2D eigenvalue weighted by Gasteiger charge is -2.28. The fraction of sp³-hybridized carbons (Fsp3) is 0.462. The summed E-state index contributed by atoms with van der Waals surface area (Å²) in [4.78, 5) is 14.1.